The summed E-state index contributed by atoms with van der Waals surface area (Å²) in [4.78, 5) is 13.9. The largest absolute Gasteiger partial charge is 0.573 e. The molecule has 18 heavy (non-hydrogen) atoms. The Morgan fingerprint density at radius 1 is 1.44 bits per heavy atom. The van der Waals surface area contributed by atoms with E-state index in [9.17, 15) is 22.4 Å². The summed E-state index contributed by atoms with van der Waals surface area (Å²) in [6.07, 6.45) is -5.09. The van der Waals surface area contributed by atoms with Gasteiger partial charge in [-0.1, -0.05) is 0 Å². The third-order valence-electron chi connectivity index (χ3n) is 1.80. The van der Waals surface area contributed by atoms with Gasteiger partial charge in [-0.05, 0) is 0 Å². The Morgan fingerprint density at radius 3 is 2.44 bits per heavy atom. The summed E-state index contributed by atoms with van der Waals surface area (Å²) in [7, 11) is 1.08. The highest BCUT2D eigenvalue weighted by atomic mass is 19.4. The zero-order valence-corrected chi connectivity index (χ0v) is 8.92. The second-order valence-electron chi connectivity index (χ2n) is 2.97. The van der Waals surface area contributed by atoms with Crippen molar-refractivity contribution < 1.29 is 36.9 Å². The number of pyridine rings is 1. The molecule has 0 atom stereocenters. The predicted octanol–water partition coefficient (Wildman–Crippen LogP) is 2.16. The van der Waals surface area contributed by atoms with Crippen LogP contribution in [-0.4, -0.2) is 29.5 Å². The van der Waals surface area contributed by atoms with Crippen LogP contribution in [0.25, 0.3) is 0 Å². The minimum atomic E-state index is -5.09. The summed E-state index contributed by atoms with van der Waals surface area (Å²) in [5.74, 6) is -3.17. The van der Waals surface area contributed by atoms with Gasteiger partial charge in [0.1, 0.15) is 18.1 Å². The summed E-state index contributed by atoms with van der Waals surface area (Å²) >= 11 is 0. The maximum Gasteiger partial charge on any atom is 0.573 e. The van der Waals surface area contributed by atoms with Crippen molar-refractivity contribution in [3.63, 3.8) is 0 Å². The number of carbonyl (C=O) groups is 1. The van der Waals surface area contributed by atoms with Gasteiger partial charge in [-0.3, -0.25) is 0 Å². The van der Waals surface area contributed by atoms with Crippen molar-refractivity contribution in [2.45, 2.75) is 13.0 Å². The number of carboxylic acid groups (broad SMARTS) is 1. The number of carboxylic acids is 1. The van der Waals surface area contributed by atoms with E-state index in [-0.39, 0.29) is 5.75 Å². The molecule has 0 aromatic carbocycles. The van der Waals surface area contributed by atoms with Gasteiger partial charge in [-0.2, -0.15) is 0 Å². The molecule has 0 unspecified atom stereocenters. The van der Waals surface area contributed by atoms with Gasteiger partial charge >= 0.3 is 12.3 Å². The first-order chi connectivity index (χ1) is 8.28. The molecule has 1 rings (SSSR count). The van der Waals surface area contributed by atoms with Crippen LogP contribution < -0.4 is 9.47 Å². The molecule has 0 fully saturated rings. The Balaban J connectivity index is 3.33. The molecule has 5 nitrogen and oxygen atoms in total. The van der Waals surface area contributed by atoms with Crippen molar-refractivity contribution in [3.8, 4) is 11.5 Å². The van der Waals surface area contributed by atoms with Crippen molar-refractivity contribution in [1.82, 2.24) is 4.98 Å². The number of alkyl halides is 4. The molecule has 0 bridgehead atoms. The molecule has 0 aliphatic heterocycles. The SMILES string of the molecule is COc1cc(OC(F)(F)F)c(C(=O)O)nc1CF. The van der Waals surface area contributed by atoms with Gasteiger partial charge in [0.2, 0.25) is 0 Å². The summed E-state index contributed by atoms with van der Waals surface area (Å²) in [5.41, 5.74) is -1.47. The molecule has 1 aromatic rings. The highest BCUT2D eigenvalue weighted by Gasteiger charge is 2.34. The van der Waals surface area contributed by atoms with E-state index in [1.807, 2.05) is 0 Å². The molecule has 0 aliphatic rings. The molecule has 0 amide bonds. The third-order valence-corrected chi connectivity index (χ3v) is 1.80. The number of methoxy groups -OCH3 is 1. The van der Waals surface area contributed by atoms with Crippen LogP contribution in [0.1, 0.15) is 16.2 Å². The number of hydrogen-bond donors (Lipinski definition) is 1. The number of hydrogen-bond acceptors (Lipinski definition) is 4. The van der Waals surface area contributed by atoms with Crippen LogP contribution in [0.2, 0.25) is 0 Å². The van der Waals surface area contributed by atoms with E-state index < -0.39 is 36.1 Å². The molecule has 1 heterocycles. The van der Waals surface area contributed by atoms with Gasteiger partial charge < -0.3 is 14.6 Å². The van der Waals surface area contributed by atoms with Crippen LogP contribution in [0.5, 0.6) is 11.5 Å². The van der Waals surface area contributed by atoms with Crippen molar-refractivity contribution in [3.05, 3.63) is 17.5 Å². The van der Waals surface area contributed by atoms with Gasteiger partial charge in [0.25, 0.3) is 0 Å². The lowest BCUT2D eigenvalue weighted by Gasteiger charge is -2.13. The Bertz CT molecular complexity index is 461. The monoisotopic (exact) mass is 269 g/mol. The fraction of sp³-hybridized carbons (Fsp3) is 0.333. The maximum atomic E-state index is 12.5. The van der Waals surface area contributed by atoms with Gasteiger partial charge in [-0.15, -0.1) is 13.2 Å². The Kier molecular flexibility index (Phi) is 3.94. The molecule has 1 N–H and O–H groups in total. The topological polar surface area (TPSA) is 68.7 Å². The van der Waals surface area contributed by atoms with E-state index in [4.69, 9.17) is 5.11 Å². The van der Waals surface area contributed by atoms with Crippen molar-refractivity contribution in [2.24, 2.45) is 0 Å². The van der Waals surface area contributed by atoms with Crippen molar-refractivity contribution in [1.29, 1.82) is 0 Å². The standard InChI is InChI=1S/C9H7F4NO4/c1-17-5-2-6(18-9(11,12)13)7(8(15)16)14-4(5)3-10/h2H,3H2,1H3,(H,15,16). The second-order valence-corrected chi connectivity index (χ2v) is 2.97. The molecule has 100 valence electrons. The lowest BCUT2D eigenvalue weighted by Crippen LogP contribution is -2.20. The van der Waals surface area contributed by atoms with E-state index in [1.165, 1.54) is 0 Å². The molecule has 0 spiro atoms. The number of aromatic carboxylic acids is 1. The Hall–Kier alpha value is -2.06. The highest BCUT2D eigenvalue weighted by Crippen LogP contribution is 2.31. The summed E-state index contributed by atoms with van der Waals surface area (Å²) in [6, 6.07) is 0.624. The first-order valence-electron chi connectivity index (χ1n) is 4.41. The van der Waals surface area contributed by atoms with E-state index in [0.717, 1.165) is 7.11 Å². The highest BCUT2D eigenvalue weighted by molar-refractivity contribution is 5.89. The number of ether oxygens (including phenoxy) is 2. The first-order valence-corrected chi connectivity index (χ1v) is 4.41. The zero-order chi connectivity index (χ0) is 13.9. The first kappa shape index (κ1) is 14.0. The maximum absolute atomic E-state index is 12.5. The molecule has 0 radical (unpaired) electrons. The normalized spacial score (nSPS) is 11.2. The van der Waals surface area contributed by atoms with Crippen LogP contribution >= 0.6 is 0 Å². The van der Waals surface area contributed by atoms with Crippen LogP contribution in [0.3, 0.4) is 0 Å². The van der Waals surface area contributed by atoms with Crippen LogP contribution in [0.15, 0.2) is 6.07 Å². The third kappa shape index (κ3) is 3.22. The fourth-order valence-corrected chi connectivity index (χ4v) is 1.14. The van der Waals surface area contributed by atoms with Gasteiger partial charge in [-0.25, -0.2) is 14.2 Å². The second kappa shape index (κ2) is 5.07. The van der Waals surface area contributed by atoms with Crippen LogP contribution in [0, 0.1) is 0 Å². The minimum absolute atomic E-state index is 0.332. The fourth-order valence-electron chi connectivity index (χ4n) is 1.14. The summed E-state index contributed by atoms with van der Waals surface area (Å²) < 4.78 is 56.7. The molecule has 0 aliphatic carbocycles. The Labute approximate surface area is 98.0 Å². The van der Waals surface area contributed by atoms with E-state index >= 15 is 0 Å². The van der Waals surface area contributed by atoms with E-state index in [2.05, 4.69) is 14.5 Å². The van der Waals surface area contributed by atoms with Gasteiger partial charge in [0.15, 0.2) is 11.4 Å². The molecule has 0 saturated carbocycles. The number of halogens is 4. The van der Waals surface area contributed by atoms with Crippen molar-refractivity contribution >= 4 is 5.97 Å². The van der Waals surface area contributed by atoms with Crippen LogP contribution in [-0.2, 0) is 6.67 Å². The molecular weight excluding hydrogens is 262 g/mol. The van der Waals surface area contributed by atoms with E-state index in [1.54, 1.807) is 0 Å². The minimum Gasteiger partial charge on any atom is -0.495 e. The van der Waals surface area contributed by atoms with Gasteiger partial charge in [0, 0.05) is 6.07 Å². The van der Waals surface area contributed by atoms with Crippen LogP contribution in [0.4, 0.5) is 17.6 Å². The summed E-state index contributed by atoms with van der Waals surface area (Å²) in [6.45, 7) is -1.18. The number of nitrogens with zero attached hydrogens (tertiary/aromatic N) is 1. The average molecular weight is 269 g/mol. The molecule has 1 aromatic heterocycles. The average Bonchev–Trinajstić information content (AvgIpc) is 2.25. The quantitative estimate of drug-likeness (QED) is 0.848. The molecular formula is C9H7F4NO4. The predicted molar refractivity (Wildman–Crippen MR) is 49.2 cm³/mol. The number of aromatic nitrogens is 1. The Morgan fingerprint density at radius 2 is 2.06 bits per heavy atom. The summed E-state index contributed by atoms with van der Waals surface area (Å²) in [5, 5.41) is 8.67. The smallest absolute Gasteiger partial charge is 0.495 e. The van der Waals surface area contributed by atoms with E-state index in [0.29, 0.717) is 6.07 Å². The number of rotatable bonds is 4. The van der Waals surface area contributed by atoms with Gasteiger partial charge in [0.05, 0.1) is 7.11 Å². The lowest BCUT2D eigenvalue weighted by molar-refractivity contribution is -0.274. The molecule has 0 saturated heterocycles. The zero-order valence-electron chi connectivity index (χ0n) is 8.92. The molecule has 9 heteroatoms. The van der Waals surface area contributed by atoms with Crippen molar-refractivity contribution in [2.75, 3.05) is 7.11 Å². The lowest BCUT2D eigenvalue weighted by atomic mass is 10.2.